The molecule has 10 heteroatoms. The van der Waals surface area contributed by atoms with E-state index >= 15 is 0 Å². The van der Waals surface area contributed by atoms with Crippen LogP contribution in [0.25, 0.3) is 0 Å². The van der Waals surface area contributed by atoms with Crippen LogP contribution in [0.4, 0.5) is 5.69 Å². The van der Waals surface area contributed by atoms with E-state index in [1.807, 2.05) is 0 Å². The number of carbonyl (C=O) groups excluding carboxylic acids is 3. The van der Waals surface area contributed by atoms with Crippen LogP contribution < -0.4 is 20.8 Å². The van der Waals surface area contributed by atoms with Gasteiger partial charge in [0.25, 0.3) is 0 Å². The number of ketones is 1. The second-order valence-electron chi connectivity index (χ2n) is 10.5. The highest BCUT2D eigenvalue weighted by Gasteiger charge is 2.40. The number of hydrogen-bond donors (Lipinski definition) is 3. The van der Waals surface area contributed by atoms with Crippen molar-refractivity contribution >= 4 is 29.0 Å². The zero-order valence-corrected chi connectivity index (χ0v) is 21.6. The van der Waals surface area contributed by atoms with E-state index in [1.54, 1.807) is 41.6 Å². The van der Waals surface area contributed by atoms with E-state index in [1.165, 1.54) is 6.92 Å². The van der Waals surface area contributed by atoms with Gasteiger partial charge in [0.15, 0.2) is 5.82 Å². The molecule has 2 heterocycles. The summed E-state index contributed by atoms with van der Waals surface area (Å²) in [4.78, 5) is 47.9. The Kier molecular flexibility index (Phi) is 7.85. The van der Waals surface area contributed by atoms with Gasteiger partial charge >= 0.3 is 0 Å². The first-order chi connectivity index (χ1) is 17.6. The molecule has 1 aliphatic heterocycles. The molecule has 10 nitrogen and oxygen atoms in total. The molecule has 4 N–H and O–H groups in total. The minimum atomic E-state index is -0.456. The summed E-state index contributed by atoms with van der Waals surface area (Å²) in [5, 5.41) is 12.3. The van der Waals surface area contributed by atoms with Crippen molar-refractivity contribution in [2.75, 3.05) is 18.4 Å². The molecule has 1 saturated heterocycles. The van der Waals surface area contributed by atoms with Crippen molar-refractivity contribution < 1.29 is 24.5 Å². The maximum atomic E-state index is 13.1. The zero-order valence-electron chi connectivity index (χ0n) is 21.6. The number of hydrogen-bond acceptors (Lipinski definition) is 7. The van der Waals surface area contributed by atoms with Crippen molar-refractivity contribution in [3.05, 3.63) is 48.0 Å². The first-order valence-electron chi connectivity index (χ1n) is 12.6. The normalized spacial score (nSPS) is 18.6. The number of benzene rings is 1. The van der Waals surface area contributed by atoms with Gasteiger partial charge in [0.05, 0.1) is 12.1 Å². The Morgan fingerprint density at radius 1 is 1.19 bits per heavy atom. The number of carbonyl (C=O) groups is 3. The summed E-state index contributed by atoms with van der Waals surface area (Å²) in [6, 6.07) is 6.53. The van der Waals surface area contributed by atoms with E-state index in [0.29, 0.717) is 35.8 Å². The molecule has 196 valence electrons. The molecule has 2 fully saturated rings. The molecule has 4 rings (SSSR count). The number of amides is 2. The van der Waals surface area contributed by atoms with Crippen molar-refractivity contribution in [2.24, 2.45) is 5.41 Å². The van der Waals surface area contributed by atoms with E-state index in [4.69, 9.17) is 10.1 Å². The number of anilines is 1. The number of rotatable bonds is 10. The second kappa shape index (κ2) is 11.1. The predicted octanol–water partition coefficient (Wildman–Crippen LogP) is 0.901. The summed E-state index contributed by atoms with van der Waals surface area (Å²) < 4.78 is 5.77. The van der Waals surface area contributed by atoms with Crippen LogP contribution in [0.5, 0.6) is 5.75 Å². The van der Waals surface area contributed by atoms with Crippen molar-refractivity contribution in [2.45, 2.75) is 65.1 Å². The van der Waals surface area contributed by atoms with E-state index in [2.05, 4.69) is 34.4 Å². The van der Waals surface area contributed by atoms with E-state index in [-0.39, 0.29) is 47.9 Å². The highest BCUT2D eigenvalue weighted by molar-refractivity contribution is 6.44. The minimum Gasteiger partial charge on any atom is -0.486 e. The fourth-order valence-corrected chi connectivity index (χ4v) is 5.02. The third-order valence-corrected chi connectivity index (χ3v) is 6.90. The van der Waals surface area contributed by atoms with Crippen LogP contribution in [0, 0.1) is 5.41 Å². The Morgan fingerprint density at radius 3 is 2.59 bits per heavy atom. The average molecular weight is 508 g/mol. The highest BCUT2D eigenvalue weighted by Crippen LogP contribution is 2.40. The maximum Gasteiger partial charge on any atom is 0.249 e. The summed E-state index contributed by atoms with van der Waals surface area (Å²) >= 11 is 0. The van der Waals surface area contributed by atoms with Gasteiger partial charge in [0, 0.05) is 37.6 Å². The summed E-state index contributed by atoms with van der Waals surface area (Å²) in [7, 11) is 0. The minimum absolute atomic E-state index is 0.0313. The molecule has 1 aromatic carbocycles. The molecule has 1 aromatic heterocycles. The van der Waals surface area contributed by atoms with E-state index in [9.17, 15) is 14.4 Å². The molecule has 2 aromatic rings. The average Bonchev–Trinajstić information content (AvgIpc) is 3.35. The molecule has 0 radical (unpaired) electrons. The first-order valence-corrected chi connectivity index (χ1v) is 12.6. The SMILES string of the molecule is CC(=O)C(=[NH2+])c1cc(OCc2ncccn2)ccc1NCC(=O)N1CCC[C@H]1C(=O)NC1CC(C)(C)C1. The van der Waals surface area contributed by atoms with Crippen molar-refractivity contribution in [3.63, 3.8) is 0 Å². The van der Waals surface area contributed by atoms with Gasteiger partial charge in [-0.05, 0) is 55.4 Å². The molecule has 1 atom stereocenters. The number of nitrogens with one attached hydrogen (secondary N) is 2. The van der Waals surface area contributed by atoms with E-state index in [0.717, 1.165) is 19.3 Å². The van der Waals surface area contributed by atoms with Crippen LogP contribution in [-0.2, 0) is 21.0 Å². The molecule has 0 spiro atoms. The van der Waals surface area contributed by atoms with Crippen molar-refractivity contribution in [1.82, 2.24) is 20.2 Å². The Bertz CT molecular complexity index is 1170. The lowest BCUT2D eigenvalue weighted by atomic mass is 9.68. The standard InChI is InChI=1S/C27H34N6O4/c1-17(34)25(28)20-12-19(37-16-23-29-9-5-10-30-23)7-8-21(20)31-15-24(35)33-11-4-6-22(33)26(36)32-18-13-27(2,3)14-18/h5,7-10,12,18,22,28,31H,4,6,11,13-16H2,1-3H3,(H,32,36)/p+1/t22-/m0/s1. The van der Waals surface area contributed by atoms with Crippen LogP contribution >= 0.6 is 0 Å². The molecular formula is C27H35N6O4+. The lowest BCUT2D eigenvalue weighted by Gasteiger charge is -2.43. The number of aromatic nitrogens is 2. The lowest BCUT2D eigenvalue weighted by molar-refractivity contribution is -0.138. The first kappa shape index (κ1) is 26.2. The summed E-state index contributed by atoms with van der Waals surface area (Å²) in [6.07, 6.45) is 6.61. The quantitative estimate of drug-likeness (QED) is 0.406. The third-order valence-electron chi connectivity index (χ3n) is 6.90. The summed E-state index contributed by atoms with van der Waals surface area (Å²) in [6.45, 7) is 6.42. The molecule has 0 bridgehead atoms. The summed E-state index contributed by atoms with van der Waals surface area (Å²) in [5.74, 6) is 0.448. The fourth-order valence-electron chi connectivity index (χ4n) is 5.02. The van der Waals surface area contributed by atoms with Crippen molar-refractivity contribution in [1.29, 1.82) is 0 Å². The largest absolute Gasteiger partial charge is 0.486 e. The van der Waals surface area contributed by atoms with Crippen LogP contribution in [0.2, 0.25) is 0 Å². The summed E-state index contributed by atoms with van der Waals surface area (Å²) in [5.41, 5.74) is 1.29. The third kappa shape index (κ3) is 6.49. The number of Topliss-reactive ketones (excluding diaryl/α,β-unsaturated/α-hetero) is 1. The fraction of sp³-hybridized carbons (Fsp3) is 0.481. The van der Waals surface area contributed by atoms with Gasteiger partial charge < -0.3 is 20.3 Å². The van der Waals surface area contributed by atoms with Gasteiger partial charge in [0.2, 0.25) is 23.3 Å². The smallest absolute Gasteiger partial charge is 0.249 e. The molecule has 1 aliphatic carbocycles. The Hall–Kier alpha value is -3.82. The second-order valence-corrected chi connectivity index (χ2v) is 10.5. The Labute approximate surface area is 216 Å². The van der Waals surface area contributed by atoms with Crippen LogP contribution in [0.15, 0.2) is 36.7 Å². The van der Waals surface area contributed by atoms with Crippen LogP contribution in [0.3, 0.4) is 0 Å². The van der Waals surface area contributed by atoms with Gasteiger partial charge in [-0.25, -0.2) is 9.97 Å². The lowest BCUT2D eigenvalue weighted by Crippen LogP contribution is -2.54. The van der Waals surface area contributed by atoms with E-state index < -0.39 is 6.04 Å². The zero-order chi connectivity index (χ0) is 26.6. The Balaban J connectivity index is 1.39. The van der Waals surface area contributed by atoms with Crippen LogP contribution in [0.1, 0.15) is 57.8 Å². The highest BCUT2D eigenvalue weighted by atomic mass is 16.5. The topological polar surface area (TPSA) is 139 Å². The number of likely N-dealkylation sites (tertiary alicyclic amines) is 1. The Morgan fingerprint density at radius 2 is 1.92 bits per heavy atom. The maximum absolute atomic E-state index is 13.1. The van der Waals surface area contributed by atoms with Crippen LogP contribution in [-0.4, -0.2) is 63.4 Å². The van der Waals surface area contributed by atoms with Crippen molar-refractivity contribution in [3.8, 4) is 5.75 Å². The number of nitrogens with zero attached hydrogens (tertiary/aromatic N) is 3. The van der Waals surface area contributed by atoms with Gasteiger partial charge in [-0.2, -0.15) is 0 Å². The van der Waals surface area contributed by atoms with Gasteiger partial charge in [-0.1, -0.05) is 13.8 Å². The molecule has 1 saturated carbocycles. The predicted molar refractivity (Wildman–Crippen MR) is 138 cm³/mol. The molecule has 37 heavy (non-hydrogen) atoms. The van der Waals surface area contributed by atoms with Gasteiger partial charge in [0.1, 0.15) is 18.4 Å². The van der Waals surface area contributed by atoms with Gasteiger partial charge in [-0.15, -0.1) is 0 Å². The van der Waals surface area contributed by atoms with Gasteiger partial charge in [-0.3, -0.25) is 19.8 Å². The molecule has 2 amide bonds. The molecule has 2 aliphatic rings. The monoisotopic (exact) mass is 507 g/mol. The molecule has 0 unspecified atom stereocenters. The number of nitrogens with two attached hydrogens (primary N) is 1. The number of ether oxygens (including phenoxy) is 1. The molecular weight excluding hydrogens is 472 g/mol.